The van der Waals surface area contributed by atoms with E-state index in [1.165, 1.54) is 5.56 Å². The molecule has 0 aromatic heterocycles. The smallest absolute Gasteiger partial charge is 0.224 e. The second kappa shape index (κ2) is 9.44. The van der Waals surface area contributed by atoms with E-state index in [1.807, 2.05) is 18.2 Å². The highest BCUT2D eigenvalue weighted by Crippen LogP contribution is 2.00. The topological polar surface area (TPSA) is 55.6 Å². The third-order valence-corrected chi connectivity index (χ3v) is 3.16. The molecule has 20 heavy (non-hydrogen) atoms. The summed E-state index contributed by atoms with van der Waals surface area (Å²) in [5.41, 5.74) is 6.65. The van der Waals surface area contributed by atoms with Crippen LogP contribution in [0.15, 0.2) is 30.3 Å². The Balaban J connectivity index is 2.08. The van der Waals surface area contributed by atoms with Crippen molar-refractivity contribution in [3.63, 3.8) is 0 Å². The molecule has 1 aromatic carbocycles. The molecule has 2 N–H and O–H groups in total. The highest BCUT2D eigenvalue weighted by molar-refractivity contribution is 7.80. The van der Waals surface area contributed by atoms with Gasteiger partial charge in [-0.3, -0.25) is 4.79 Å². The maximum absolute atomic E-state index is 11.8. The maximum atomic E-state index is 11.8. The molecule has 1 amide bonds. The molecule has 0 aliphatic carbocycles. The van der Waals surface area contributed by atoms with E-state index in [0.717, 1.165) is 6.42 Å². The van der Waals surface area contributed by atoms with Crippen LogP contribution in [0.3, 0.4) is 0 Å². The number of nitrogens with two attached hydrogens (primary N) is 1. The van der Waals surface area contributed by atoms with Crippen LogP contribution in [0, 0.1) is 0 Å². The highest BCUT2D eigenvalue weighted by atomic mass is 32.1. The van der Waals surface area contributed by atoms with Crippen molar-refractivity contribution in [2.75, 3.05) is 26.8 Å². The molecule has 0 spiro atoms. The van der Waals surface area contributed by atoms with Crippen LogP contribution in [0.5, 0.6) is 0 Å². The Bertz CT molecular complexity index is 423. The van der Waals surface area contributed by atoms with Crippen molar-refractivity contribution < 1.29 is 9.53 Å². The first kappa shape index (κ1) is 16.6. The summed E-state index contributed by atoms with van der Waals surface area (Å²) in [6, 6.07) is 10.1. The molecule has 0 atom stereocenters. The monoisotopic (exact) mass is 294 g/mol. The number of ether oxygens (including phenoxy) is 1. The molecular weight excluding hydrogens is 272 g/mol. The van der Waals surface area contributed by atoms with Crippen LogP contribution in [0.25, 0.3) is 0 Å². The van der Waals surface area contributed by atoms with Crippen LogP contribution in [-0.2, 0) is 16.0 Å². The number of carbonyl (C=O) groups is 1. The van der Waals surface area contributed by atoms with Crippen LogP contribution in [0.1, 0.15) is 18.4 Å². The summed E-state index contributed by atoms with van der Waals surface area (Å²) in [5.74, 6) is 0.0564. The van der Waals surface area contributed by atoms with Crippen molar-refractivity contribution in [3.05, 3.63) is 35.9 Å². The first-order chi connectivity index (χ1) is 9.59. The zero-order valence-electron chi connectivity index (χ0n) is 11.9. The number of hydrogen-bond acceptors (Lipinski definition) is 3. The number of rotatable bonds is 9. The summed E-state index contributed by atoms with van der Waals surface area (Å²) in [6.07, 6.45) is 1.82. The van der Waals surface area contributed by atoms with E-state index in [0.29, 0.717) is 37.6 Å². The number of carbonyl (C=O) groups excluding carboxylic acids is 1. The Morgan fingerprint density at radius 2 is 1.95 bits per heavy atom. The van der Waals surface area contributed by atoms with Crippen molar-refractivity contribution in [2.24, 2.45) is 5.73 Å². The predicted octanol–water partition coefficient (Wildman–Crippen LogP) is 1.77. The van der Waals surface area contributed by atoms with Gasteiger partial charge in [0.05, 0.1) is 24.6 Å². The van der Waals surface area contributed by atoms with Crippen LogP contribution in [0.4, 0.5) is 0 Å². The van der Waals surface area contributed by atoms with Gasteiger partial charge in [0.25, 0.3) is 0 Å². The molecule has 5 heteroatoms. The fraction of sp³-hybridized carbons (Fsp3) is 0.467. The van der Waals surface area contributed by atoms with Gasteiger partial charge in [-0.05, 0) is 12.0 Å². The number of amides is 1. The van der Waals surface area contributed by atoms with Gasteiger partial charge in [0.2, 0.25) is 5.91 Å². The Morgan fingerprint density at radius 3 is 2.60 bits per heavy atom. The first-order valence-corrected chi connectivity index (χ1v) is 7.14. The van der Waals surface area contributed by atoms with Crippen LogP contribution in [0.2, 0.25) is 0 Å². The lowest BCUT2D eigenvalue weighted by molar-refractivity contribution is -0.130. The van der Waals surface area contributed by atoms with E-state index in [4.69, 9.17) is 22.7 Å². The van der Waals surface area contributed by atoms with Gasteiger partial charge in [-0.2, -0.15) is 0 Å². The fourth-order valence-corrected chi connectivity index (χ4v) is 1.78. The molecule has 0 bridgehead atoms. The predicted molar refractivity (Wildman–Crippen MR) is 84.6 cm³/mol. The lowest BCUT2D eigenvalue weighted by atomic mass is 10.2. The second-order valence-electron chi connectivity index (χ2n) is 4.63. The van der Waals surface area contributed by atoms with E-state index in [9.17, 15) is 4.79 Å². The zero-order valence-corrected chi connectivity index (χ0v) is 12.7. The standard InChI is InChI=1S/C15H22N2O2S/c1-17(10-7-14(16)20)15(18)9-12-19-11-8-13-5-3-2-4-6-13/h2-6H,7-12H2,1H3,(H2,16,20). The summed E-state index contributed by atoms with van der Waals surface area (Å²) in [7, 11) is 1.75. The average Bonchev–Trinajstić information content (AvgIpc) is 2.45. The molecule has 0 aliphatic heterocycles. The van der Waals surface area contributed by atoms with Gasteiger partial charge in [-0.15, -0.1) is 0 Å². The van der Waals surface area contributed by atoms with Crippen molar-refractivity contribution in [1.29, 1.82) is 0 Å². The number of thiocarbonyl (C=S) groups is 1. The summed E-state index contributed by atoms with van der Waals surface area (Å²) >= 11 is 4.78. The molecule has 0 aliphatic rings. The molecule has 0 radical (unpaired) electrons. The minimum Gasteiger partial charge on any atom is -0.393 e. The third kappa shape index (κ3) is 7.21. The molecule has 0 saturated heterocycles. The van der Waals surface area contributed by atoms with Crippen molar-refractivity contribution in [3.8, 4) is 0 Å². The SMILES string of the molecule is CN(CCC(N)=S)C(=O)CCOCCc1ccccc1. The molecule has 0 unspecified atom stereocenters. The van der Waals surface area contributed by atoms with Gasteiger partial charge in [-0.1, -0.05) is 42.5 Å². The van der Waals surface area contributed by atoms with Gasteiger partial charge < -0.3 is 15.4 Å². The first-order valence-electron chi connectivity index (χ1n) is 6.73. The molecule has 4 nitrogen and oxygen atoms in total. The molecule has 0 fully saturated rings. The van der Waals surface area contributed by atoms with Gasteiger partial charge in [0, 0.05) is 20.0 Å². The Labute approximate surface area is 125 Å². The Morgan fingerprint density at radius 1 is 1.25 bits per heavy atom. The lowest BCUT2D eigenvalue weighted by Crippen LogP contribution is -2.30. The van der Waals surface area contributed by atoms with Crippen molar-refractivity contribution in [2.45, 2.75) is 19.3 Å². The van der Waals surface area contributed by atoms with Crippen molar-refractivity contribution >= 4 is 23.1 Å². The summed E-state index contributed by atoms with van der Waals surface area (Å²) in [6.45, 7) is 1.65. The van der Waals surface area contributed by atoms with Gasteiger partial charge >= 0.3 is 0 Å². The van der Waals surface area contributed by atoms with Crippen LogP contribution < -0.4 is 5.73 Å². The number of hydrogen-bond donors (Lipinski definition) is 1. The summed E-state index contributed by atoms with van der Waals surface area (Å²) in [4.78, 5) is 13.8. The minimum absolute atomic E-state index is 0.0564. The Kier molecular flexibility index (Phi) is 7.84. The highest BCUT2D eigenvalue weighted by Gasteiger charge is 2.08. The zero-order chi connectivity index (χ0) is 14.8. The molecule has 0 heterocycles. The second-order valence-corrected chi connectivity index (χ2v) is 5.15. The van der Waals surface area contributed by atoms with E-state index >= 15 is 0 Å². The van der Waals surface area contributed by atoms with Crippen LogP contribution in [-0.4, -0.2) is 42.6 Å². The normalized spacial score (nSPS) is 10.2. The molecule has 0 saturated carbocycles. The van der Waals surface area contributed by atoms with E-state index in [2.05, 4.69) is 12.1 Å². The molecule has 1 aromatic rings. The average molecular weight is 294 g/mol. The number of benzene rings is 1. The van der Waals surface area contributed by atoms with Crippen LogP contribution >= 0.6 is 12.2 Å². The van der Waals surface area contributed by atoms with Crippen molar-refractivity contribution in [1.82, 2.24) is 4.90 Å². The third-order valence-electron chi connectivity index (χ3n) is 2.96. The van der Waals surface area contributed by atoms with E-state index < -0.39 is 0 Å². The summed E-state index contributed by atoms with van der Waals surface area (Å²) in [5, 5.41) is 0. The molecular formula is C15H22N2O2S. The summed E-state index contributed by atoms with van der Waals surface area (Å²) < 4.78 is 5.49. The fourth-order valence-electron chi connectivity index (χ4n) is 1.69. The quantitative estimate of drug-likeness (QED) is 0.557. The van der Waals surface area contributed by atoms with E-state index in [1.54, 1.807) is 11.9 Å². The van der Waals surface area contributed by atoms with Gasteiger partial charge in [0.15, 0.2) is 0 Å². The molecule has 1 rings (SSSR count). The minimum atomic E-state index is 0.0564. The molecule has 110 valence electrons. The maximum Gasteiger partial charge on any atom is 0.224 e. The Hall–Kier alpha value is -1.46. The lowest BCUT2D eigenvalue weighted by Gasteiger charge is -2.16. The van der Waals surface area contributed by atoms with E-state index in [-0.39, 0.29) is 5.91 Å². The van der Waals surface area contributed by atoms with Gasteiger partial charge in [-0.25, -0.2) is 0 Å². The van der Waals surface area contributed by atoms with Gasteiger partial charge in [0.1, 0.15) is 0 Å². The largest absolute Gasteiger partial charge is 0.393 e. The number of nitrogens with zero attached hydrogens (tertiary/aromatic N) is 1.